The van der Waals surface area contributed by atoms with Crippen molar-refractivity contribution in [2.75, 3.05) is 5.32 Å². The van der Waals surface area contributed by atoms with E-state index in [4.69, 9.17) is 11.6 Å². The third-order valence-electron chi connectivity index (χ3n) is 3.06. The van der Waals surface area contributed by atoms with Crippen LogP contribution in [0.2, 0.25) is 5.28 Å². The zero-order chi connectivity index (χ0) is 15.0. The minimum atomic E-state index is -0.296. The Balaban J connectivity index is 2.07. The molecule has 0 saturated heterocycles. The smallest absolute Gasteiger partial charge is 0.226 e. The Bertz CT molecular complexity index is 782. The Morgan fingerprint density at radius 3 is 2.57 bits per heavy atom. The minimum absolute atomic E-state index is 0.134. The molecule has 0 aliphatic carbocycles. The summed E-state index contributed by atoms with van der Waals surface area (Å²) in [6, 6.07) is 6.19. The predicted octanol–water partition coefficient (Wildman–Crippen LogP) is 3.94. The van der Waals surface area contributed by atoms with Crippen LogP contribution in [-0.4, -0.2) is 19.5 Å². The fraction of sp³-hybridized carbons (Fsp3) is 0.214. The number of nitrogens with zero attached hydrogens (tertiary/aromatic N) is 4. The summed E-state index contributed by atoms with van der Waals surface area (Å²) in [6.07, 6.45) is 1.70. The fourth-order valence-corrected chi connectivity index (χ4v) is 2.19. The number of aromatic nitrogens is 4. The van der Waals surface area contributed by atoms with Gasteiger partial charge in [-0.05, 0) is 49.7 Å². The Hall–Kier alpha value is -2.21. The number of rotatable bonds is 3. The first-order valence-electron chi connectivity index (χ1n) is 6.47. The molecule has 0 fully saturated rings. The molecular weight excluding hydrogens is 293 g/mol. The van der Waals surface area contributed by atoms with Crippen LogP contribution in [0.15, 0.2) is 30.6 Å². The number of benzene rings is 1. The lowest BCUT2D eigenvalue weighted by Crippen LogP contribution is -2.02. The van der Waals surface area contributed by atoms with Crippen molar-refractivity contribution in [3.63, 3.8) is 0 Å². The third-order valence-corrected chi connectivity index (χ3v) is 3.23. The van der Waals surface area contributed by atoms with Gasteiger partial charge in [0.05, 0.1) is 6.33 Å². The van der Waals surface area contributed by atoms with E-state index in [1.165, 1.54) is 12.1 Å². The van der Waals surface area contributed by atoms with Crippen molar-refractivity contribution in [1.82, 2.24) is 19.5 Å². The molecular formula is C14H13ClFN5. The second-order valence-corrected chi connectivity index (χ2v) is 5.23. The van der Waals surface area contributed by atoms with Crippen molar-refractivity contribution in [2.45, 2.75) is 19.9 Å². The molecule has 0 aliphatic heterocycles. The van der Waals surface area contributed by atoms with Crippen LogP contribution in [0.5, 0.6) is 0 Å². The SMILES string of the molecule is CC(C)n1cnc2c(Nc3ccc(F)cc3)nc(Cl)nc21. The summed E-state index contributed by atoms with van der Waals surface area (Å²) in [5.74, 6) is 0.200. The molecule has 0 unspecified atom stereocenters. The zero-order valence-electron chi connectivity index (χ0n) is 11.5. The van der Waals surface area contributed by atoms with Crippen LogP contribution in [0, 0.1) is 5.82 Å². The van der Waals surface area contributed by atoms with Crippen molar-refractivity contribution in [3.8, 4) is 0 Å². The maximum atomic E-state index is 12.9. The standard InChI is InChI=1S/C14H13ClFN5/c1-8(2)21-7-17-11-12(19-14(15)20-13(11)21)18-10-5-3-9(16)4-6-10/h3-8H,1-2H3,(H,18,19,20). The molecule has 0 amide bonds. The normalized spacial score (nSPS) is 11.3. The van der Waals surface area contributed by atoms with E-state index in [2.05, 4.69) is 20.3 Å². The summed E-state index contributed by atoms with van der Waals surface area (Å²) in [7, 11) is 0. The summed E-state index contributed by atoms with van der Waals surface area (Å²) in [5.41, 5.74) is 1.98. The highest BCUT2D eigenvalue weighted by atomic mass is 35.5. The van der Waals surface area contributed by atoms with E-state index in [0.29, 0.717) is 22.7 Å². The van der Waals surface area contributed by atoms with Crippen LogP contribution in [0.25, 0.3) is 11.2 Å². The number of anilines is 2. The first-order chi connectivity index (χ1) is 10.0. The quantitative estimate of drug-likeness (QED) is 0.745. The fourth-order valence-electron chi connectivity index (χ4n) is 2.02. The lowest BCUT2D eigenvalue weighted by Gasteiger charge is -2.09. The molecule has 0 atom stereocenters. The molecule has 5 nitrogen and oxygen atoms in total. The molecule has 1 aromatic carbocycles. The summed E-state index contributed by atoms with van der Waals surface area (Å²) in [5, 5.41) is 3.22. The first kappa shape index (κ1) is 13.8. The lowest BCUT2D eigenvalue weighted by molar-refractivity contribution is 0.612. The maximum Gasteiger partial charge on any atom is 0.226 e. The van der Waals surface area contributed by atoms with Gasteiger partial charge in [0.1, 0.15) is 5.82 Å². The average molecular weight is 306 g/mol. The van der Waals surface area contributed by atoms with Gasteiger partial charge in [0, 0.05) is 11.7 Å². The molecule has 2 heterocycles. The molecule has 0 aliphatic rings. The molecule has 2 aromatic heterocycles. The van der Waals surface area contributed by atoms with Crippen LogP contribution >= 0.6 is 11.6 Å². The zero-order valence-corrected chi connectivity index (χ0v) is 12.3. The van der Waals surface area contributed by atoms with Crippen molar-refractivity contribution in [1.29, 1.82) is 0 Å². The van der Waals surface area contributed by atoms with Gasteiger partial charge in [0.2, 0.25) is 5.28 Å². The van der Waals surface area contributed by atoms with Gasteiger partial charge in [-0.3, -0.25) is 0 Å². The van der Waals surface area contributed by atoms with E-state index in [1.807, 2.05) is 18.4 Å². The summed E-state index contributed by atoms with van der Waals surface area (Å²) in [6.45, 7) is 4.06. The second-order valence-electron chi connectivity index (χ2n) is 4.89. The van der Waals surface area contributed by atoms with Crippen molar-refractivity contribution < 1.29 is 4.39 Å². The first-order valence-corrected chi connectivity index (χ1v) is 6.85. The minimum Gasteiger partial charge on any atom is -0.338 e. The summed E-state index contributed by atoms with van der Waals surface area (Å²) >= 11 is 5.99. The number of halogens is 2. The van der Waals surface area contributed by atoms with Crippen LogP contribution in [0.1, 0.15) is 19.9 Å². The largest absolute Gasteiger partial charge is 0.338 e. The average Bonchev–Trinajstić information content (AvgIpc) is 2.85. The number of nitrogens with one attached hydrogen (secondary N) is 1. The van der Waals surface area contributed by atoms with Crippen LogP contribution in [0.3, 0.4) is 0 Å². The molecule has 1 N–H and O–H groups in total. The number of hydrogen-bond acceptors (Lipinski definition) is 4. The predicted molar refractivity (Wildman–Crippen MR) is 80.4 cm³/mol. The van der Waals surface area contributed by atoms with Crippen LogP contribution < -0.4 is 5.32 Å². The van der Waals surface area contributed by atoms with E-state index in [9.17, 15) is 4.39 Å². The Morgan fingerprint density at radius 1 is 1.19 bits per heavy atom. The van der Waals surface area contributed by atoms with E-state index < -0.39 is 0 Å². The van der Waals surface area contributed by atoms with E-state index in [0.717, 1.165) is 0 Å². The number of imidazole rings is 1. The monoisotopic (exact) mass is 305 g/mol. The molecule has 3 aromatic rings. The van der Waals surface area contributed by atoms with Gasteiger partial charge >= 0.3 is 0 Å². The van der Waals surface area contributed by atoms with Gasteiger partial charge < -0.3 is 9.88 Å². The molecule has 7 heteroatoms. The molecule has 3 rings (SSSR count). The molecule has 108 valence electrons. The molecule has 0 saturated carbocycles. The summed E-state index contributed by atoms with van der Waals surface area (Å²) in [4.78, 5) is 12.7. The number of fused-ring (bicyclic) bond motifs is 1. The number of hydrogen-bond donors (Lipinski definition) is 1. The molecule has 21 heavy (non-hydrogen) atoms. The van der Waals surface area contributed by atoms with E-state index in [1.54, 1.807) is 18.5 Å². The van der Waals surface area contributed by atoms with Crippen molar-refractivity contribution in [2.24, 2.45) is 0 Å². The van der Waals surface area contributed by atoms with Gasteiger partial charge in [-0.15, -0.1) is 0 Å². The van der Waals surface area contributed by atoms with Gasteiger partial charge in [-0.1, -0.05) is 0 Å². The highest BCUT2D eigenvalue weighted by molar-refractivity contribution is 6.28. The highest BCUT2D eigenvalue weighted by Crippen LogP contribution is 2.25. The van der Waals surface area contributed by atoms with Crippen molar-refractivity contribution in [3.05, 3.63) is 41.7 Å². The maximum absolute atomic E-state index is 12.9. The van der Waals surface area contributed by atoms with Crippen LogP contribution in [0.4, 0.5) is 15.9 Å². The van der Waals surface area contributed by atoms with Gasteiger partial charge in [0.25, 0.3) is 0 Å². The third kappa shape index (κ3) is 2.67. The van der Waals surface area contributed by atoms with E-state index >= 15 is 0 Å². The van der Waals surface area contributed by atoms with Gasteiger partial charge in [-0.25, -0.2) is 9.37 Å². The molecule has 0 bridgehead atoms. The Kier molecular flexibility index (Phi) is 3.47. The Labute approximate surface area is 125 Å². The van der Waals surface area contributed by atoms with Crippen molar-refractivity contribution >= 4 is 34.3 Å². The second kappa shape index (κ2) is 5.29. The molecule has 0 radical (unpaired) electrons. The summed E-state index contributed by atoms with van der Waals surface area (Å²) < 4.78 is 14.9. The lowest BCUT2D eigenvalue weighted by atomic mass is 10.3. The Morgan fingerprint density at radius 2 is 1.90 bits per heavy atom. The van der Waals surface area contributed by atoms with Crippen LogP contribution in [-0.2, 0) is 0 Å². The van der Waals surface area contributed by atoms with Gasteiger partial charge in [0.15, 0.2) is 17.0 Å². The topological polar surface area (TPSA) is 55.6 Å². The van der Waals surface area contributed by atoms with Gasteiger partial charge in [-0.2, -0.15) is 9.97 Å². The molecule has 0 spiro atoms. The van der Waals surface area contributed by atoms with E-state index in [-0.39, 0.29) is 17.1 Å². The highest BCUT2D eigenvalue weighted by Gasteiger charge is 2.14.